The molecule has 31 heavy (non-hydrogen) atoms. The molecule has 0 N–H and O–H groups in total. The minimum absolute atomic E-state index is 0.0250. The summed E-state index contributed by atoms with van der Waals surface area (Å²) in [7, 11) is 2.92. The van der Waals surface area contributed by atoms with Crippen molar-refractivity contribution in [3.05, 3.63) is 90.2 Å². The van der Waals surface area contributed by atoms with Crippen molar-refractivity contribution in [1.82, 2.24) is 18.7 Å². The minimum atomic E-state index is -0.500. The zero-order chi connectivity index (χ0) is 21.9. The van der Waals surface area contributed by atoms with Crippen molar-refractivity contribution >= 4 is 34.4 Å². The largest absolute Gasteiger partial charge is 0.467 e. The zero-order valence-electron chi connectivity index (χ0n) is 16.5. The van der Waals surface area contributed by atoms with Crippen LogP contribution in [-0.2, 0) is 13.6 Å². The van der Waals surface area contributed by atoms with Gasteiger partial charge in [0.1, 0.15) is 0 Å². The number of halogens is 2. The van der Waals surface area contributed by atoms with Gasteiger partial charge >= 0.3 is 11.7 Å². The second-order valence-corrected chi connectivity index (χ2v) is 7.83. The van der Waals surface area contributed by atoms with E-state index < -0.39 is 11.2 Å². The van der Waals surface area contributed by atoms with Gasteiger partial charge in [-0.1, -0.05) is 41.4 Å². The van der Waals surface area contributed by atoms with E-state index in [1.54, 1.807) is 24.3 Å². The summed E-state index contributed by atoms with van der Waals surface area (Å²) < 4.78 is 8.90. The van der Waals surface area contributed by atoms with Crippen molar-refractivity contribution in [2.24, 2.45) is 12.0 Å². The number of imidazole rings is 1. The first-order chi connectivity index (χ1) is 14.9. The van der Waals surface area contributed by atoms with E-state index in [4.69, 9.17) is 32.9 Å². The molecule has 0 amide bonds. The van der Waals surface area contributed by atoms with Crippen molar-refractivity contribution in [3.63, 3.8) is 0 Å². The molecule has 0 radical (unpaired) electrons. The summed E-state index contributed by atoms with van der Waals surface area (Å²) in [6, 6.07) is 12.5. The van der Waals surface area contributed by atoms with Crippen LogP contribution in [0.1, 0.15) is 16.8 Å². The fourth-order valence-electron chi connectivity index (χ4n) is 3.83. The van der Waals surface area contributed by atoms with Crippen molar-refractivity contribution in [2.45, 2.75) is 6.54 Å². The van der Waals surface area contributed by atoms with E-state index in [1.807, 2.05) is 18.2 Å². The van der Waals surface area contributed by atoms with Gasteiger partial charge in [0, 0.05) is 28.2 Å². The summed E-state index contributed by atoms with van der Waals surface area (Å²) >= 11 is 12.7. The first-order valence-corrected chi connectivity index (χ1v) is 10.0. The lowest BCUT2D eigenvalue weighted by molar-refractivity contribution is 0.347. The van der Waals surface area contributed by atoms with E-state index >= 15 is 0 Å². The molecule has 5 rings (SSSR count). The molecule has 0 fully saturated rings. The zero-order valence-corrected chi connectivity index (χ0v) is 18.0. The van der Waals surface area contributed by atoms with Crippen LogP contribution in [0.15, 0.2) is 57.0 Å². The van der Waals surface area contributed by atoms with Crippen LogP contribution in [0.3, 0.4) is 0 Å². The second-order valence-electron chi connectivity index (χ2n) is 6.98. The smallest absolute Gasteiger partial charge is 0.354 e. The van der Waals surface area contributed by atoms with Gasteiger partial charge in [-0.15, -0.1) is 5.10 Å². The van der Waals surface area contributed by atoms with Gasteiger partial charge in [-0.3, -0.25) is 18.9 Å². The third-order valence-electron chi connectivity index (χ3n) is 5.26. The summed E-state index contributed by atoms with van der Waals surface area (Å²) in [5.74, 6) is 0. The molecule has 0 saturated heterocycles. The molecule has 0 atom stereocenters. The van der Waals surface area contributed by atoms with E-state index in [0.29, 0.717) is 38.3 Å². The molecule has 3 heterocycles. The van der Waals surface area contributed by atoms with Crippen molar-refractivity contribution in [3.8, 4) is 11.7 Å². The summed E-state index contributed by atoms with van der Waals surface area (Å²) in [6.45, 7) is 0.0713. The van der Waals surface area contributed by atoms with Crippen LogP contribution in [0.2, 0.25) is 10.0 Å². The number of hydrogen-bond acceptors (Lipinski definition) is 5. The predicted molar refractivity (Wildman–Crippen MR) is 118 cm³/mol. The number of benzene rings is 2. The van der Waals surface area contributed by atoms with Crippen molar-refractivity contribution in [1.29, 1.82) is 0 Å². The Balaban J connectivity index is 1.91. The van der Waals surface area contributed by atoms with Gasteiger partial charge in [0.25, 0.3) is 5.56 Å². The van der Waals surface area contributed by atoms with Crippen LogP contribution in [-0.4, -0.2) is 31.6 Å². The maximum absolute atomic E-state index is 13.4. The maximum Gasteiger partial charge on any atom is 0.354 e. The van der Waals surface area contributed by atoms with Gasteiger partial charge in [-0.05, 0) is 24.3 Å². The Bertz CT molecular complexity index is 1530. The lowest BCUT2D eigenvalue weighted by Crippen LogP contribution is -2.27. The number of nitrogens with zero attached hydrogens (tertiary/aromatic N) is 5. The molecule has 156 valence electrons. The highest BCUT2D eigenvalue weighted by atomic mass is 35.5. The van der Waals surface area contributed by atoms with Crippen LogP contribution < -0.4 is 16.0 Å². The molecule has 1 aliphatic heterocycles. The van der Waals surface area contributed by atoms with Crippen LogP contribution in [0.25, 0.3) is 11.2 Å². The molecule has 0 unspecified atom stereocenters. The lowest BCUT2D eigenvalue weighted by atomic mass is 10.0. The molecule has 0 bridgehead atoms. The van der Waals surface area contributed by atoms with Crippen LogP contribution >= 0.6 is 23.2 Å². The summed E-state index contributed by atoms with van der Waals surface area (Å²) in [4.78, 5) is 31.2. The number of aliphatic imine (C=N–C) groups is 1. The highest BCUT2D eigenvalue weighted by molar-refractivity contribution is 6.36. The number of methoxy groups -OCH3 is 1. The van der Waals surface area contributed by atoms with Gasteiger partial charge in [0.15, 0.2) is 5.52 Å². The molecule has 0 saturated carbocycles. The maximum atomic E-state index is 13.4. The van der Waals surface area contributed by atoms with Gasteiger partial charge in [-0.25, -0.2) is 4.79 Å². The normalized spacial score (nSPS) is 12.8. The van der Waals surface area contributed by atoms with Gasteiger partial charge in [0.2, 0.25) is 0 Å². The number of aromatic nitrogens is 4. The number of rotatable bonds is 2. The Kier molecular flexibility index (Phi) is 4.49. The monoisotopic (exact) mass is 455 g/mol. The van der Waals surface area contributed by atoms with Crippen molar-refractivity contribution < 1.29 is 4.74 Å². The quantitative estimate of drug-likeness (QED) is 0.465. The summed E-state index contributed by atoms with van der Waals surface area (Å²) in [5.41, 5.74) is 2.10. The molecule has 0 spiro atoms. The van der Waals surface area contributed by atoms with Gasteiger partial charge in [0.05, 0.1) is 30.7 Å². The molecule has 4 aromatic rings. The molecular weight excluding hydrogens is 441 g/mol. The third-order valence-corrected chi connectivity index (χ3v) is 5.83. The highest BCUT2D eigenvalue weighted by Crippen LogP contribution is 2.30. The fraction of sp³-hybridized carbons (Fsp3) is 0.143. The fourth-order valence-corrected chi connectivity index (χ4v) is 4.22. The Labute approximate surface area is 185 Å². The molecule has 10 heteroatoms. The number of fused-ring (bicyclic) bond motifs is 5. The van der Waals surface area contributed by atoms with Gasteiger partial charge < -0.3 is 4.74 Å². The Hall–Kier alpha value is -3.36. The highest BCUT2D eigenvalue weighted by Gasteiger charge is 2.27. The molecule has 0 aliphatic carbocycles. The second kappa shape index (κ2) is 7.11. The average molecular weight is 456 g/mol. The van der Waals surface area contributed by atoms with E-state index in [-0.39, 0.29) is 18.1 Å². The Morgan fingerprint density at radius 2 is 1.84 bits per heavy atom. The summed E-state index contributed by atoms with van der Waals surface area (Å²) in [5, 5.41) is 5.20. The topological polar surface area (TPSA) is 82.9 Å². The van der Waals surface area contributed by atoms with Crippen LogP contribution in [0.5, 0.6) is 6.01 Å². The number of ether oxygens (including phenoxy) is 1. The van der Waals surface area contributed by atoms with Gasteiger partial charge in [-0.2, -0.15) is 4.52 Å². The number of hydrogen-bond donors (Lipinski definition) is 0. The van der Waals surface area contributed by atoms with Crippen LogP contribution in [0, 0.1) is 0 Å². The van der Waals surface area contributed by atoms with E-state index in [0.717, 1.165) is 4.52 Å². The first-order valence-electron chi connectivity index (χ1n) is 9.29. The average Bonchev–Trinajstić information content (AvgIpc) is 2.93. The molecular formula is C21H15Cl2N5O3. The molecule has 8 nitrogen and oxygen atoms in total. The molecule has 1 aliphatic rings. The minimum Gasteiger partial charge on any atom is -0.467 e. The molecule has 2 aromatic carbocycles. The van der Waals surface area contributed by atoms with Crippen molar-refractivity contribution in [2.75, 3.05) is 7.11 Å². The van der Waals surface area contributed by atoms with Crippen LogP contribution in [0.4, 0.5) is 0 Å². The molecule has 2 aromatic heterocycles. The van der Waals surface area contributed by atoms with E-state index in [9.17, 15) is 9.59 Å². The SMILES string of the molecule is COc1nn2c(=O)n3c(c2c(=O)n1C)CN=C(c1ccccc1Cl)c1cc(Cl)ccc1-3. The van der Waals surface area contributed by atoms with E-state index in [1.165, 1.54) is 23.3 Å². The first kappa shape index (κ1) is 19.6. The third kappa shape index (κ3) is 2.83. The lowest BCUT2D eigenvalue weighted by Gasteiger charge is -2.12. The Morgan fingerprint density at radius 1 is 1.06 bits per heavy atom. The Morgan fingerprint density at radius 3 is 2.58 bits per heavy atom. The summed E-state index contributed by atoms with van der Waals surface area (Å²) in [6.07, 6.45) is 0. The predicted octanol–water partition coefficient (Wildman–Crippen LogP) is 2.85. The van der Waals surface area contributed by atoms with E-state index in [2.05, 4.69) is 5.10 Å². The standard InChI is InChI=1S/C21H15Cl2N5O3/c1-26-19(29)18-16-10-24-17(12-5-3-4-6-14(12)23)13-9-11(22)7-8-15(13)27(16)21(30)28(18)25-20(26)31-2/h3-9H,10H2,1-2H3.